The molecule has 2 rings (SSSR count). The van der Waals surface area contributed by atoms with Gasteiger partial charge in [0.2, 0.25) is 33.0 Å². The van der Waals surface area contributed by atoms with Gasteiger partial charge in [-0.3, -0.25) is 37.1 Å². The summed E-state index contributed by atoms with van der Waals surface area (Å²) >= 11 is 0. The van der Waals surface area contributed by atoms with Crippen molar-refractivity contribution in [2.24, 2.45) is 0 Å². The first kappa shape index (κ1) is 49.4. The van der Waals surface area contributed by atoms with Crippen LogP contribution < -0.4 is 64.4 Å². The van der Waals surface area contributed by atoms with E-state index in [1.54, 1.807) is 0 Å². The quantitative estimate of drug-likeness (QED) is 0.0560. The number of carbonyl (C=O) groups is 6. The molecule has 27 heteroatoms. The van der Waals surface area contributed by atoms with E-state index >= 15 is 0 Å². The number of nitrogens with one attached hydrogen (secondary N) is 1. The second-order valence-corrected chi connectivity index (χ2v) is 12.3. The topological polar surface area (TPSA) is 321 Å². The first-order valence-electron chi connectivity index (χ1n) is 13.8. The molecule has 0 radical (unpaired) electrons. The summed E-state index contributed by atoms with van der Waals surface area (Å²) in [6.45, 7) is 2.98. The zero-order valence-electron chi connectivity index (χ0n) is 28.5. The van der Waals surface area contributed by atoms with Crippen LogP contribution in [0.2, 0.25) is 0 Å². The molecular weight excluding hydrogens is 764 g/mol. The number of ether oxygens (including phenoxy) is 8. The molecule has 0 aromatic rings. The molecule has 1 amide bonds. The fourth-order valence-electron chi connectivity index (χ4n) is 4.74. The third kappa shape index (κ3) is 17.0. The van der Waals surface area contributed by atoms with Crippen LogP contribution in [0, 0.1) is 0 Å². The number of amides is 1. The molecule has 23 nitrogen and oxygen atoms in total. The van der Waals surface area contributed by atoms with Gasteiger partial charge in [-0.2, -0.15) is 0 Å². The van der Waals surface area contributed by atoms with Crippen LogP contribution in [-0.2, 0) is 95.8 Å². The molecule has 10 atom stereocenters. The van der Waals surface area contributed by atoms with Crippen LogP contribution in [-0.4, -0.2) is 136 Å². The Hall–Kier alpha value is -1.56. The minimum absolute atomic E-state index is 0. The van der Waals surface area contributed by atoms with E-state index in [1.807, 2.05) is 0 Å². The predicted molar refractivity (Wildman–Crippen MR) is 145 cm³/mol. The largest absolute Gasteiger partial charge is 1.00 e. The molecular formula is C24H33NNa2O22S2. The van der Waals surface area contributed by atoms with Crippen molar-refractivity contribution in [3.8, 4) is 0 Å². The molecule has 2 saturated heterocycles. The smallest absolute Gasteiger partial charge is 0.726 e. The van der Waals surface area contributed by atoms with Gasteiger partial charge in [0.25, 0.3) is 0 Å². The Balaban J connectivity index is 0.0000125. The zero-order valence-corrected chi connectivity index (χ0v) is 34.1. The van der Waals surface area contributed by atoms with Crippen LogP contribution in [0.15, 0.2) is 0 Å². The summed E-state index contributed by atoms with van der Waals surface area (Å²) in [6.07, 6.45) is -17.4. The third-order valence-electron chi connectivity index (χ3n) is 6.14. The molecule has 280 valence electrons. The van der Waals surface area contributed by atoms with Crippen molar-refractivity contribution in [3.05, 3.63) is 0 Å². The predicted octanol–water partition coefficient (Wildman–Crippen LogP) is -9.42. The molecule has 2 fully saturated rings. The molecule has 2 heterocycles. The van der Waals surface area contributed by atoms with E-state index < -0.39 is 131 Å². The van der Waals surface area contributed by atoms with Crippen molar-refractivity contribution in [3.63, 3.8) is 0 Å². The molecule has 1 unspecified atom stereocenters. The van der Waals surface area contributed by atoms with Crippen LogP contribution in [0.3, 0.4) is 0 Å². The number of esters is 5. The first-order valence-corrected chi connectivity index (χ1v) is 16.4. The molecule has 1 N–H and O–H groups in total. The van der Waals surface area contributed by atoms with Crippen LogP contribution in [0.5, 0.6) is 0 Å². The summed E-state index contributed by atoms with van der Waals surface area (Å²) < 4.78 is 120. The van der Waals surface area contributed by atoms with Crippen LogP contribution in [0.4, 0.5) is 0 Å². The summed E-state index contributed by atoms with van der Waals surface area (Å²) in [6, 6.07) is -1.66. The molecule has 0 aromatic heterocycles. The van der Waals surface area contributed by atoms with Gasteiger partial charge in [-0.25, -0.2) is 16.8 Å². The summed E-state index contributed by atoms with van der Waals surface area (Å²) in [4.78, 5) is 72.7. The van der Waals surface area contributed by atoms with E-state index in [-0.39, 0.29) is 59.1 Å². The molecule has 0 aliphatic carbocycles. The molecule has 2 aliphatic heterocycles. The minimum atomic E-state index is -5.47. The maximum atomic E-state index is 12.3. The maximum absolute atomic E-state index is 12.3. The van der Waals surface area contributed by atoms with Crippen molar-refractivity contribution in [2.75, 3.05) is 13.2 Å². The summed E-state index contributed by atoms with van der Waals surface area (Å²) in [5.41, 5.74) is 0. The van der Waals surface area contributed by atoms with E-state index in [4.69, 9.17) is 37.9 Å². The maximum Gasteiger partial charge on any atom is 1.00 e. The molecule has 51 heavy (non-hydrogen) atoms. The van der Waals surface area contributed by atoms with Gasteiger partial charge >= 0.3 is 89.0 Å². The fourth-order valence-corrected chi connectivity index (χ4v) is 5.34. The van der Waals surface area contributed by atoms with E-state index in [0.29, 0.717) is 0 Å². The molecule has 0 spiro atoms. The molecule has 2 aliphatic rings. The van der Waals surface area contributed by atoms with Gasteiger partial charge in [-0.1, -0.05) is 0 Å². The monoisotopic (exact) mass is 797 g/mol. The van der Waals surface area contributed by atoms with Gasteiger partial charge in [0, 0.05) is 41.5 Å². The van der Waals surface area contributed by atoms with Gasteiger partial charge in [0.1, 0.15) is 24.4 Å². The average molecular weight is 798 g/mol. The van der Waals surface area contributed by atoms with Gasteiger partial charge in [0.15, 0.2) is 30.7 Å². The first-order chi connectivity index (χ1) is 22.5. The Morgan fingerprint density at radius 1 is 0.549 bits per heavy atom. The normalized spacial score (nSPS) is 29.1. The van der Waals surface area contributed by atoms with Crippen molar-refractivity contribution in [1.29, 1.82) is 0 Å². The second-order valence-electron chi connectivity index (χ2n) is 10.2. The van der Waals surface area contributed by atoms with Gasteiger partial charge in [-0.15, -0.1) is 0 Å². The molecule has 0 aromatic carbocycles. The van der Waals surface area contributed by atoms with Crippen LogP contribution >= 0.6 is 0 Å². The SMILES string of the molecule is CC(=O)N[C@H]1[C@H](OC(C)=O)O[C@H](COS(=O)(=O)[O-])[C@@H](O[C@@H]2O[C@H](COS(=O)(=O)[O-])[C@H](OC(C)=O)[C@H](OC(C)=O)C2OC(C)=O)[C@@H]1OC(C)=O.[Na+].[Na+]. The number of hydrogen-bond acceptors (Lipinski definition) is 22. The molecule has 0 saturated carbocycles. The Kier molecular flexibility index (Phi) is 20.7. The number of hydrogen-bond donors (Lipinski definition) is 1. The number of rotatable bonds is 14. The minimum Gasteiger partial charge on any atom is -0.726 e. The fraction of sp³-hybridized carbons (Fsp3) is 0.750. The van der Waals surface area contributed by atoms with Crippen molar-refractivity contribution in [1.82, 2.24) is 5.32 Å². The van der Waals surface area contributed by atoms with E-state index in [9.17, 15) is 54.7 Å². The Morgan fingerprint density at radius 3 is 1.33 bits per heavy atom. The molecule has 0 bridgehead atoms. The van der Waals surface area contributed by atoms with Crippen LogP contribution in [0.25, 0.3) is 0 Å². The Morgan fingerprint density at radius 2 is 0.922 bits per heavy atom. The average Bonchev–Trinajstić information content (AvgIpc) is 2.90. The van der Waals surface area contributed by atoms with Crippen LogP contribution in [0.1, 0.15) is 41.5 Å². The van der Waals surface area contributed by atoms with E-state index in [0.717, 1.165) is 41.5 Å². The van der Waals surface area contributed by atoms with Gasteiger partial charge < -0.3 is 52.3 Å². The summed E-state index contributed by atoms with van der Waals surface area (Å²) in [5, 5.41) is 2.31. The van der Waals surface area contributed by atoms with E-state index in [2.05, 4.69) is 13.7 Å². The summed E-state index contributed by atoms with van der Waals surface area (Å²) in [7, 11) is -10.9. The zero-order chi connectivity index (χ0) is 37.4. The standard InChI is InChI=1S/C24H35NO22S2.2Na/c1-9(26)25-17-20(41-11(3)28)18(15(7-38-48(32,33)34)45-23(17)44-14(6)31)47-24-22(43-13(5)30)21(42-12(4)29)19(40-10(2)27)16(46-24)8-39-49(35,36)37;;/h15-24H,7-8H2,1-6H3,(H,25,26)(H,32,33,34)(H,35,36,37);;/q;2*+1/p-2/t15-,16-,17-,18-,19+,20-,21+,22?,23-,24+;;/m1../s1. The van der Waals surface area contributed by atoms with Crippen molar-refractivity contribution < 1.29 is 160 Å². The van der Waals surface area contributed by atoms with E-state index in [1.165, 1.54) is 0 Å². The Bertz CT molecular complexity index is 1480. The summed E-state index contributed by atoms with van der Waals surface area (Å²) in [5.74, 6) is -6.16. The Labute approximate surface area is 335 Å². The van der Waals surface area contributed by atoms with Gasteiger partial charge in [0.05, 0.1) is 13.2 Å². The second kappa shape index (κ2) is 21.4. The van der Waals surface area contributed by atoms with Gasteiger partial charge in [-0.05, 0) is 0 Å². The number of carbonyl (C=O) groups excluding carboxylic acids is 6. The van der Waals surface area contributed by atoms with Crippen molar-refractivity contribution in [2.45, 2.75) is 103 Å². The third-order valence-corrected chi connectivity index (χ3v) is 6.99. The van der Waals surface area contributed by atoms with Crippen molar-refractivity contribution >= 4 is 56.6 Å².